The third-order valence-corrected chi connectivity index (χ3v) is 4.76. The monoisotopic (exact) mass is 419 g/mol. The summed E-state index contributed by atoms with van der Waals surface area (Å²) in [5, 5.41) is 2.72. The number of esters is 1. The van der Waals surface area contributed by atoms with Gasteiger partial charge in [-0.2, -0.15) is 0 Å². The molecule has 6 heteroatoms. The van der Waals surface area contributed by atoms with Crippen molar-refractivity contribution >= 4 is 17.6 Å². The van der Waals surface area contributed by atoms with Gasteiger partial charge in [0.05, 0.1) is 12.7 Å². The van der Waals surface area contributed by atoms with Crippen molar-refractivity contribution in [2.45, 2.75) is 20.5 Å². The van der Waals surface area contributed by atoms with Gasteiger partial charge in [0.25, 0.3) is 5.91 Å². The number of benzene rings is 3. The van der Waals surface area contributed by atoms with E-state index in [0.29, 0.717) is 23.8 Å². The molecule has 0 spiro atoms. The van der Waals surface area contributed by atoms with Crippen molar-refractivity contribution in [1.82, 2.24) is 0 Å². The molecule has 0 fully saturated rings. The molecule has 0 atom stereocenters. The van der Waals surface area contributed by atoms with Gasteiger partial charge in [-0.05, 0) is 60.9 Å². The van der Waals surface area contributed by atoms with Crippen molar-refractivity contribution in [3.8, 4) is 11.5 Å². The van der Waals surface area contributed by atoms with E-state index in [1.54, 1.807) is 18.2 Å². The predicted molar refractivity (Wildman–Crippen MR) is 119 cm³/mol. The Hall–Kier alpha value is -3.80. The Kier molecular flexibility index (Phi) is 7.27. The number of hydrogen-bond acceptors (Lipinski definition) is 5. The maximum Gasteiger partial charge on any atom is 0.338 e. The lowest BCUT2D eigenvalue weighted by molar-refractivity contribution is -0.119. The standard InChI is InChI=1S/C25H25NO5/c1-17-9-11-21(13-18(17)2)26-24(27)16-31-25(28)20-10-12-22(23(14-20)29-3)30-15-19-7-5-4-6-8-19/h4-14H,15-16H2,1-3H3,(H,26,27). The van der Waals surface area contributed by atoms with Crippen LogP contribution in [0.4, 0.5) is 5.69 Å². The number of methoxy groups -OCH3 is 1. The summed E-state index contributed by atoms with van der Waals surface area (Å²) in [7, 11) is 1.50. The van der Waals surface area contributed by atoms with E-state index in [2.05, 4.69) is 5.32 Å². The Morgan fingerprint density at radius 1 is 0.871 bits per heavy atom. The van der Waals surface area contributed by atoms with E-state index >= 15 is 0 Å². The van der Waals surface area contributed by atoms with Crippen LogP contribution < -0.4 is 14.8 Å². The second-order valence-corrected chi connectivity index (χ2v) is 7.06. The van der Waals surface area contributed by atoms with Crippen LogP contribution in [0.25, 0.3) is 0 Å². The highest BCUT2D eigenvalue weighted by Gasteiger charge is 2.14. The quantitative estimate of drug-likeness (QED) is 0.537. The minimum atomic E-state index is -0.622. The second kappa shape index (κ2) is 10.3. The summed E-state index contributed by atoms with van der Waals surface area (Å²) in [5.41, 5.74) is 4.14. The first kappa shape index (κ1) is 21.9. The summed E-state index contributed by atoms with van der Waals surface area (Å²) in [6.45, 7) is 3.95. The van der Waals surface area contributed by atoms with Crippen molar-refractivity contribution in [1.29, 1.82) is 0 Å². The summed E-state index contributed by atoms with van der Waals surface area (Å²) >= 11 is 0. The molecule has 160 valence electrons. The third kappa shape index (κ3) is 6.09. The fraction of sp³-hybridized carbons (Fsp3) is 0.200. The van der Waals surface area contributed by atoms with Crippen LogP contribution in [0.1, 0.15) is 27.0 Å². The fourth-order valence-electron chi connectivity index (χ4n) is 2.88. The van der Waals surface area contributed by atoms with Crippen LogP contribution in [0.2, 0.25) is 0 Å². The molecule has 0 aliphatic rings. The number of hydrogen-bond donors (Lipinski definition) is 1. The first-order valence-electron chi connectivity index (χ1n) is 9.85. The Morgan fingerprint density at radius 3 is 2.35 bits per heavy atom. The van der Waals surface area contributed by atoms with Gasteiger partial charge in [0, 0.05) is 5.69 Å². The number of rotatable bonds is 8. The van der Waals surface area contributed by atoms with Crippen molar-refractivity contribution in [3.05, 3.63) is 89.0 Å². The zero-order valence-electron chi connectivity index (χ0n) is 17.8. The lowest BCUT2D eigenvalue weighted by Crippen LogP contribution is -2.21. The number of carbonyl (C=O) groups is 2. The number of anilines is 1. The highest BCUT2D eigenvalue weighted by molar-refractivity contribution is 5.95. The van der Waals surface area contributed by atoms with Gasteiger partial charge in [-0.1, -0.05) is 36.4 Å². The van der Waals surface area contributed by atoms with Crippen molar-refractivity contribution in [3.63, 3.8) is 0 Å². The van der Waals surface area contributed by atoms with Crippen LogP contribution in [0.5, 0.6) is 11.5 Å². The Balaban J connectivity index is 1.56. The van der Waals surface area contributed by atoms with Gasteiger partial charge in [-0.25, -0.2) is 4.79 Å². The van der Waals surface area contributed by atoms with E-state index in [-0.39, 0.29) is 12.2 Å². The minimum Gasteiger partial charge on any atom is -0.493 e. The molecular formula is C25H25NO5. The summed E-state index contributed by atoms with van der Waals surface area (Å²) < 4.78 is 16.3. The summed E-state index contributed by atoms with van der Waals surface area (Å²) in [6.07, 6.45) is 0. The SMILES string of the molecule is COc1cc(C(=O)OCC(=O)Nc2ccc(C)c(C)c2)ccc1OCc1ccccc1. The molecule has 1 amide bonds. The molecule has 6 nitrogen and oxygen atoms in total. The molecule has 3 aromatic carbocycles. The molecule has 0 heterocycles. The van der Waals surface area contributed by atoms with Crippen LogP contribution in [0.15, 0.2) is 66.7 Å². The lowest BCUT2D eigenvalue weighted by atomic mass is 10.1. The summed E-state index contributed by atoms with van der Waals surface area (Å²) in [5.74, 6) is -0.116. The summed E-state index contributed by atoms with van der Waals surface area (Å²) in [6, 6.07) is 20.1. The molecule has 0 aromatic heterocycles. The van der Waals surface area contributed by atoms with E-state index < -0.39 is 11.9 Å². The van der Waals surface area contributed by atoms with E-state index in [1.807, 2.05) is 56.3 Å². The molecule has 1 N–H and O–H groups in total. The molecule has 0 aliphatic carbocycles. The molecule has 3 rings (SSSR count). The Labute approximate surface area is 181 Å². The highest BCUT2D eigenvalue weighted by atomic mass is 16.5. The highest BCUT2D eigenvalue weighted by Crippen LogP contribution is 2.29. The van der Waals surface area contributed by atoms with Crippen LogP contribution in [0, 0.1) is 13.8 Å². The topological polar surface area (TPSA) is 73.9 Å². The van der Waals surface area contributed by atoms with Gasteiger partial charge < -0.3 is 19.5 Å². The predicted octanol–water partition coefficient (Wildman–Crippen LogP) is 4.69. The van der Waals surface area contributed by atoms with Gasteiger partial charge >= 0.3 is 5.97 Å². The van der Waals surface area contributed by atoms with Gasteiger partial charge in [-0.3, -0.25) is 4.79 Å². The van der Waals surface area contributed by atoms with Crippen LogP contribution >= 0.6 is 0 Å². The number of amides is 1. The van der Waals surface area contributed by atoms with Gasteiger partial charge in [0.1, 0.15) is 6.61 Å². The molecular weight excluding hydrogens is 394 g/mol. The Bertz CT molecular complexity index is 1060. The van der Waals surface area contributed by atoms with E-state index in [1.165, 1.54) is 13.2 Å². The third-order valence-electron chi connectivity index (χ3n) is 4.76. The maximum absolute atomic E-state index is 12.4. The molecule has 0 aliphatic heterocycles. The summed E-state index contributed by atoms with van der Waals surface area (Å²) in [4.78, 5) is 24.5. The number of carbonyl (C=O) groups excluding carboxylic acids is 2. The van der Waals surface area contributed by atoms with E-state index in [0.717, 1.165) is 16.7 Å². The fourth-order valence-corrected chi connectivity index (χ4v) is 2.88. The zero-order chi connectivity index (χ0) is 22.2. The van der Waals surface area contributed by atoms with Gasteiger partial charge in [0.15, 0.2) is 18.1 Å². The van der Waals surface area contributed by atoms with Crippen LogP contribution in [0.3, 0.4) is 0 Å². The molecule has 0 saturated heterocycles. The van der Waals surface area contributed by atoms with Crippen LogP contribution in [-0.4, -0.2) is 25.6 Å². The average molecular weight is 419 g/mol. The van der Waals surface area contributed by atoms with Crippen LogP contribution in [-0.2, 0) is 16.1 Å². The minimum absolute atomic E-state index is 0.267. The van der Waals surface area contributed by atoms with Crippen molar-refractivity contribution < 1.29 is 23.8 Å². The smallest absolute Gasteiger partial charge is 0.338 e. The van der Waals surface area contributed by atoms with E-state index in [4.69, 9.17) is 14.2 Å². The average Bonchev–Trinajstić information content (AvgIpc) is 2.79. The molecule has 31 heavy (non-hydrogen) atoms. The molecule has 0 unspecified atom stereocenters. The van der Waals surface area contributed by atoms with Crippen molar-refractivity contribution in [2.75, 3.05) is 19.0 Å². The maximum atomic E-state index is 12.4. The molecule has 0 saturated carbocycles. The van der Waals surface area contributed by atoms with Crippen molar-refractivity contribution in [2.24, 2.45) is 0 Å². The number of nitrogens with one attached hydrogen (secondary N) is 1. The first-order valence-corrected chi connectivity index (χ1v) is 9.85. The Morgan fingerprint density at radius 2 is 1.65 bits per heavy atom. The molecule has 0 bridgehead atoms. The first-order chi connectivity index (χ1) is 15.0. The normalized spacial score (nSPS) is 10.3. The van der Waals surface area contributed by atoms with Gasteiger partial charge in [-0.15, -0.1) is 0 Å². The second-order valence-electron chi connectivity index (χ2n) is 7.06. The van der Waals surface area contributed by atoms with Gasteiger partial charge in [0.2, 0.25) is 0 Å². The molecule has 0 radical (unpaired) electrons. The number of ether oxygens (including phenoxy) is 3. The number of aryl methyl sites for hydroxylation is 2. The lowest BCUT2D eigenvalue weighted by Gasteiger charge is -2.12. The largest absolute Gasteiger partial charge is 0.493 e. The zero-order valence-corrected chi connectivity index (χ0v) is 17.8. The van der Waals surface area contributed by atoms with E-state index in [9.17, 15) is 9.59 Å². The molecule has 3 aromatic rings.